The Morgan fingerprint density at radius 3 is 2.42 bits per heavy atom. The molecule has 0 unspecified atom stereocenters. The van der Waals surface area contributed by atoms with Gasteiger partial charge in [-0.2, -0.15) is 8.42 Å². The standard InChI is InChI=1S/C18H17N3O4S/c1-10-7-12-9-11(2)17(18(22)16(12)13(19)8-10)21-20-14-5-3-4-6-15(14)26(23,24)25/h3-9,22H,19H2,1-2H3,(H,23,24,25). The molecule has 3 aromatic carbocycles. The molecule has 0 atom stereocenters. The zero-order chi connectivity index (χ0) is 19.1. The second-order valence-corrected chi connectivity index (χ2v) is 7.38. The number of anilines is 1. The van der Waals surface area contributed by atoms with Crippen LogP contribution in [-0.2, 0) is 10.1 Å². The average Bonchev–Trinajstić information content (AvgIpc) is 2.53. The number of hydrogen-bond donors (Lipinski definition) is 3. The molecule has 0 aliphatic carbocycles. The highest BCUT2D eigenvalue weighted by Gasteiger charge is 2.16. The number of phenols is 1. The van der Waals surface area contributed by atoms with E-state index in [-0.39, 0.29) is 22.0 Å². The molecule has 26 heavy (non-hydrogen) atoms. The van der Waals surface area contributed by atoms with Gasteiger partial charge in [0, 0.05) is 11.1 Å². The molecule has 0 radical (unpaired) electrons. The first-order chi connectivity index (χ1) is 12.2. The quantitative estimate of drug-likeness (QED) is 0.357. The fraction of sp³-hybridized carbons (Fsp3) is 0.111. The zero-order valence-corrected chi connectivity index (χ0v) is 14.9. The molecule has 0 amide bonds. The molecule has 0 fully saturated rings. The van der Waals surface area contributed by atoms with Crippen molar-refractivity contribution in [1.29, 1.82) is 0 Å². The topological polar surface area (TPSA) is 125 Å². The van der Waals surface area contributed by atoms with Gasteiger partial charge in [-0.1, -0.05) is 18.2 Å². The first-order valence-electron chi connectivity index (χ1n) is 7.69. The highest BCUT2D eigenvalue weighted by Crippen LogP contribution is 2.42. The van der Waals surface area contributed by atoms with Gasteiger partial charge in [0.15, 0.2) is 5.75 Å². The molecule has 0 saturated heterocycles. The van der Waals surface area contributed by atoms with Gasteiger partial charge in [-0.3, -0.25) is 4.55 Å². The molecule has 4 N–H and O–H groups in total. The first-order valence-corrected chi connectivity index (χ1v) is 9.13. The van der Waals surface area contributed by atoms with Gasteiger partial charge in [0.05, 0.1) is 0 Å². The second-order valence-electron chi connectivity index (χ2n) is 5.99. The van der Waals surface area contributed by atoms with Crippen molar-refractivity contribution in [1.82, 2.24) is 0 Å². The smallest absolute Gasteiger partial charge is 0.296 e. The summed E-state index contributed by atoms with van der Waals surface area (Å²) in [5.41, 5.74) is 8.18. The summed E-state index contributed by atoms with van der Waals surface area (Å²) < 4.78 is 32.2. The van der Waals surface area contributed by atoms with Gasteiger partial charge < -0.3 is 10.8 Å². The van der Waals surface area contributed by atoms with Gasteiger partial charge >= 0.3 is 0 Å². The molecule has 0 saturated carbocycles. The highest BCUT2D eigenvalue weighted by atomic mass is 32.2. The van der Waals surface area contributed by atoms with E-state index in [9.17, 15) is 18.1 Å². The molecule has 0 bridgehead atoms. The summed E-state index contributed by atoms with van der Waals surface area (Å²) in [6.45, 7) is 3.66. The summed E-state index contributed by atoms with van der Waals surface area (Å²) in [6, 6.07) is 11.1. The number of fused-ring (bicyclic) bond motifs is 1. The molecule has 0 aliphatic heterocycles. The Bertz CT molecular complexity index is 1150. The van der Waals surface area contributed by atoms with Crippen LogP contribution in [0.15, 0.2) is 57.6 Å². The summed E-state index contributed by atoms with van der Waals surface area (Å²) in [4.78, 5) is -0.364. The van der Waals surface area contributed by atoms with Crippen molar-refractivity contribution in [2.45, 2.75) is 18.7 Å². The van der Waals surface area contributed by atoms with Crippen LogP contribution in [0.1, 0.15) is 11.1 Å². The number of nitrogen functional groups attached to an aromatic ring is 1. The fourth-order valence-corrected chi connectivity index (χ4v) is 3.45. The van der Waals surface area contributed by atoms with Crippen LogP contribution in [-0.4, -0.2) is 18.1 Å². The normalized spacial score (nSPS) is 12.1. The zero-order valence-electron chi connectivity index (χ0n) is 14.1. The van der Waals surface area contributed by atoms with Gasteiger partial charge in [-0.05, 0) is 54.6 Å². The molecule has 0 aliphatic rings. The third-order valence-electron chi connectivity index (χ3n) is 3.95. The number of nitrogens with zero attached hydrogens (tertiary/aromatic N) is 2. The second kappa shape index (κ2) is 6.40. The van der Waals surface area contributed by atoms with Crippen molar-refractivity contribution >= 4 is 38.0 Å². The molecule has 7 nitrogen and oxygen atoms in total. The predicted octanol–water partition coefficient (Wildman–Crippen LogP) is 4.41. The number of nitrogens with two attached hydrogens (primary N) is 1. The molecular weight excluding hydrogens is 354 g/mol. The average molecular weight is 371 g/mol. The maximum atomic E-state index is 11.4. The Morgan fingerprint density at radius 2 is 1.73 bits per heavy atom. The van der Waals surface area contributed by atoms with Gasteiger partial charge in [0.2, 0.25) is 0 Å². The van der Waals surface area contributed by atoms with Crippen LogP contribution in [0.25, 0.3) is 10.8 Å². The number of rotatable bonds is 3. The fourth-order valence-electron chi connectivity index (χ4n) is 2.83. The number of phenolic OH excluding ortho intramolecular Hbond substituents is 1. The lowest BCUT2D eigenvalue weighted by Gasteiger charge is -2.11. The minimum absolute atomic E-state index is 0.0363. The van der Waals surface area contributed by atoms with Crippen LogP contribution < -0.4 is 5.73 Å². The highest BCUT2D eigenvalue weighted by molar-refractivity contribution is 7.86. The first kappa shape index (κ1) is 17.8. The molecule has 8 heteroatoms. The Balaban J connectivity index is 2.18. The number of aryl methyl sites for hydroxylation is 2. The summed E-state index contributed by atoms with van der Waals surface area (Å²) in [7, 11) is -4.44. The van der Waals surface area contributed by atoms with E-state index in [4.69, 9.17) is 5.73 Å². The largest absolute Gasteiger partial charge is 0.505 e. The molecule has 0 aromatic heterocycles. The van der Waals surface area contributed by atoms with Gasteiger partial charge in [0.1, 0.15) is 16.3 Å². The third kappa shape index (κ3) is 3.24. The molecule has 3 rings (SSSR count). The molecule has 0 spiro atoms. The van der Waals surface area contributed by atoms with E-state index in [1.54, 1.807) is 19.1 Å². The Hall–Kier alpha value is -2.97. The number of hydrogen-bond acceptors (Lipinski definition) is 6. The minimum Gasteiger partial charge on any atom is -0.505 e. The van der Waals surface area contributed by atoms with E-state index >= 15 is 0 Å². The van der Waals surface area contributed by atoms with E-state index in [2.05, 4.69) is 10.2 Å². The van der Waals surface area contributed by atoms with Crippen LogP contribution in [0, 0.1) is 13.8 Å². The summed E-state index contributed by atoms with van der Waals surface area (Å²) in [6.07, 6.45) is 0. The van der Waals surface area contributed by atoms with E-state index in [1.807, 2.05) is 19.1 Å². The Morgan fingerprint density at radius 1 is 1.04 bits per heavy atom. The lowest BCUT2D eigenvalue weighted by atomic mass is 10.0. The lowest BCUT2D eigenvalue weighted by molar-refractivity contribution is 0.482. The van der Waals surface area contributed by atoms with Crippen molar-refractivity contribution in [3.63, 3.8) is 0 Å². The summed E-state index contributed by atoms with van der Waals surface area (Å²) >= 11 is 0. The van der Waals surface area contributed by atoms with Gasteiger partial charge in [0.25, 0.3) is 10.1 Å². The van der Waals surface area contributed by atoms with Crippen LogP contribution in [0.3, 0.4) is 0 Å². The molecular formula is C18H17N3O4S. The van der Waals surface area contributed by atoms with Gasteiger partial charge in [-0.25, -0.2) is 0 Å². The van der Waals surface area contributed by atoms with Crippen molar-refractivity contribution in [2.75, 3.05) is 5.73 Å². The van der Waals surface area contributed by atoms with E-state index in [0.29, 0.717) is 16.6 Å². The van der Waals surface area contributed by atoms with Gasteiger partial charge in [-0.15, -0.1) is 10.2 Å². The van der Waals surface area contributed by atoms with E-state index < -0.39 is 10.1 Å². The van der Waals surface area contributed by atoms with Crippen molar-refractivity contribution < 1.29 is 18.1 Å². The number of benzene rings is 3. The minimum atomic E-state index is -4.44. The number of aromatic hydroxyl groups is 1. The summed E-state index contributed by atoms with van der Waals surface area (Å²) in [5, 5.41) is 19.7. The maximum Gasteiger partial charge on any atom is 0.296 e. The van der Waals surface area contributed by atoms with Crippen molar-refractivity contribution in [2.24, 2.45) is 10.2 Å². The summed E-state index contributed by atoms with van der Waals surface area (Å²) in [5.74, 6) is -0.134. The molecule has 0 heterocycles. The molecule has 134 valence electrons. The van der Waals surface area contributed by atoms with Crippen LogP contribution in [0.4, 0.5) is 17.1 Å². The third-order valence-corrected chi connectivity index (χ3v) is 4.85. The Labute approximate surface area is 150 Å². The Kier molecular flexibility index (Phi) is 4.39. The van der Waals surface area contributed by atoms with Crippen molar-refractivity contribution in [3.8, 4) is 5.75 Å². The van der Waals surface area contributed by atoms with Crippen LogP contribution >= 0.6 is 0 Å². The number of azo groups is 1. The van der Waals surface area contributed by atoms with Crippen molar-refractivity contribution in [3.05, 3.63) is 53.6 Å². The predicted molar refractivity (Wildman–Crippen MR) is 99.9 cm³/mol. The lowest BCUT2D eigenvalue weighted by Crippen LogP contribution is -1.97. The molecule has 3 aromatic rings. The van der Waals surface area contributed by atoms with E-state index in [0.717, 1.165) is 10.9 Å². The SMILES string of the molecule is Cc1cc(N)c2c(O)c(N=Nc3ccccc3S(=O)(=O)O)c(C)cc2c1. The van der Waals surface area contributed by atoms with E-state index in [1.165, 1.54) is 18.2 Å². The monoisotopic (exact) mass is 371 g/mol. The van der Waals surface area contributed by atoms with Crippen LogP contribution in [0.2, 0.25) is 0 Å². The van der Waals surface area contributed by atoms with Crippen LogP contribution in [0.5, 0.6) is 5.75 Å². The maximum absolute atomic E-state index is 11.4.